The summed E-state index contributed by atoms with van der Waals surface area (Å²) in [7, 11) is 0. The summed E-state index contributed by atoms with van der Waals surface area (Å²) in [5.74, 6) is -1.26. The van der Waals surface area contributed by atoms with E-state index in [1.807, 2.05) is 0 Å². The molecular formula is C11H7Cl3N2O3. The number of carboxylic acid groups (broad SMARTS) is 1. The molecule has 0 aromatic heterocycles. The second-order valence-corrected chi connectivity index (χ2v) is 4.15. The summed E-state index contributed by atoms with van der Waals surface area (Å²) in [4.78, 5) is 9.37. The highest BCUT2D eigenvalue weighted by Gasteiger charge is 2.20. The Bertz CT molecular complexity index is 547. The normalized spacial score (nSPS) is 8.74. The summed E-state index contributed by atoms with van der Waals surface area (Å²) in [5.41, 5.74) is -0.370. The van der Waals surface area contributed by atoms with Crippen LogP contribution in [0.5, 0.6) is 5.75 Å². The van der Waals surface area contributed by atoms with Crippen molar-refractivity contribution >= 4 is 40.8 Å². The van der Waals surface area contributed by atoms with Crippen molar-refractivity contribution in [3.63, 3.8) is 0 Å². The van der Waals surface area contributed by atoms with E-state index in [9.17, 15) is 9.90 Å². The van der Waals surface area contributed by atoms with Crippen molar-refractivity contribution < 1.29 is 15.0 Å². The van der Waals surface area contributed by atoms with Gasteiger partial charge in [0, 0.05) is 6.42 Å². The molecule has 0 aliphatic carbocycles. The van der Waals surface area contributed by atoms with Gasteiger partial charge in [-0.25, -0.2) is 0 Å². The zero-order valence-corrected chi connectivity index (χ0v) is 11.8. The molecule has 0 aliphatic heterocycles. The summed E-state index contributed by atoms with van der Waals surface area (Å²) in [5, 5.41) is 33.8. The van der Waals surface area contributed by atoms with Crippen molar-refractivity contribution in [1.82, 2.24) is 0 Å². The maximum absolute atomic E-state index is 9.37. The quantitative estimate of drug-likeness (QED) is 0.769. The Morgan fingerprint density at radius 3 is 1.84 bits per heavy atom. The van der Waals surface area contributed by atoms with Crippen molar-refractivity contribution in [2.45, 2.75) is 13.3 Å². The molecule has 0 aliphatic rings. The van der Waals surface area contributed by atoms with Crippen LogP contribution < -0.4 is 0 Å². The molecule has 8 heteroatoms. The smallest absolute Gasteiger partial charge is 0.303 e. The van der Waals surface area contributed by atoms with Gasteiger partial charge in [-0.15, -0.1) is 0 Å². The number of nitriles is 2. The predicted octanol–water partition coefficient (Wildman–Crippen LogP) is 3.58. The van der Waals surface area contributed by atoms with Crippen LogP contribution >= 0.6 is 34.8 Å². The van der Waals surface area contributed by atoms with Crippen LogP contribution in [0.15, 0.2) is 0 Å². The van der Waals surface area contributed by atoms with E-state index in [1.54, 1.807) is 19.1 Å². The minimum absolute atomic E-state index is 0.118. The van der Waals surface area contributed by atoms with E-state index in [-0.39, 0.29) is 32.6 Å². The number of carboxylic acids is 1. The van der Waals surface area contributed by atoms with Crippen LogP contribution in [0.3, 0.4) is 0 Å². The SMILES string of the molecule is CCC(=O)O.N#Cc1c(O)c(Cl)c(Cl)c(C#N)c1Cl. The van der Waals surface area contributed by atoms with Crippen LogP contribution in [0.2, 0.25) is 15.1 Å². The lowest BCUT2D eigenvalue weighted by Crippen LogP contribution is -1.88. The summed E-state index contributed by atoms with van der Waals surface area (Å²) in [6.45, 7) is 1.60. The number of aliphatic carboxylic acids is 1. The third kappa shape index (κ3) is 4.18. The standard InChI is InChI=1S/C8HCl3N2O.C3H6O2/c9-5-3(1-12)6(10)7(11)8(14)4(5)2-13;1-2-3(4)5/h14H;2H2,1H3,(H,4,5). The van der Waals surface area contributed by atoms with Gasteiger partial charge < -0.3 is 10.2 Å². The fraction of sp³-hybridized carbons (Fsp3) is 0.182. The van der Waals surface area contributed by atoms with E-state index in [0.29, 0.717) is 0 Å². The Balaban J connectivity index is 0.000000555. The highest BCUT2D eigenvalue weighted by Crippen LogP contribution is 2.41. The van der Waals surface area contributed by atoms with Gasteiger partial charge in [0.25, 0.3) is 0 Å². The monoisotopic (exact) mass is 320 g/mol. The molecule has 1 rings (SSSR count). The molecule has 0 heterocycles. The Labute approximate surface area is 124 Å². The van der Waals surface area contributed by atoms with Crippen LogP contribution in [-0.4, -0.2) is 16.2 Å². The largest absolute Gasteiger partial charge is 0.505 e. The Kier molecular flexibility index (Phi) is 7.03. The van der Waals surface area contributed by atoms with E-state index < -0.39 is 11.7 Å². The van der Waals surface area contributed by atoms with Gasteiger partial charge in [-0.1, -0.05) is 41.7 Å². The van der Waals surface area contributed by atoms with Crippen molar-refractivity contribution in [3.05, 3.63) is 26.2 Å². The van der Waals surface area contributed by atoms with Gasteiger partial charge in [0.05, 0.1) is 15.6 Å². The number of halogens is 3. The second kappa shape index (κ2) is 7.70. The van der Waals surface area contributed by atoms with Crippen LogP contribution in [0.1, 0.15) is 24.5 Å². The van der Waals surface area contributed by atoms with Crippen molar-refractivity contribution in [1.29, 1.82) is 10.5 Å². The first-order valence-corrected chi connectivity index (χ1v) is 5.86. The first-order chi connectivity index (χ1) is 8.81. The molecule has 0 saturated carbocycles. The average Bonchev–Trinajstić information content (AvgIpc) is 2.38. The van der Waals surface area contributed by atoms with Gasteiger partial charge in [-0.3, -0.25) is 4.79 Å². The van der Waals surface area contributed by atoms with Gasteiger partial charge in [0.15, 0.2) is 5.75 Å². The van der Waals surface area contributed by atoms with Crippen molar-refractivity contribution in [3.8, 4) is 17.9 Å². The lowest BCUT2D eigenvalue weighted by Gasteiger charge is -2.06. The molecule has 0 fully saturated rings. The number of rotatable bonds is 1. The summed E-state index contributed by atoms with van der Waals surface area (Å²) in [6.07, 6.45) is 0.222. The molecule has 5 nitrogen and oxygen atoms in total. The molecule has 1 aromatic carbocycles. The molecule has 0 spiro atoms. The fourth-order valence-corrected chi connectivity index (χ4v) is 1.58. The lowest BCUT2D eigenvalue weighted by atomic mass is 10.1. The third-order valence-corrected chi connectivity index (χ3v) is 3.04. The summed E-state index contributed by atoms with van der Waals surface area (Å²) in [6, 6.07) is 3.33. The molecule has 0 amide bonds. The Hall–Kier alpha value is -1.66. The maximum Gasteiger partial charge on any atom is 0.303 e. The molecule has 0 radical (unpaired) electrons. The molecule has 100 valence electrons. The lowest BCUT2D eigenvalue weighted by molar-refractivity contribution is -0.136. The van der Waals surface area contributed by atoms with Gasteiger partial charge >= 0.3 is 5.97 Å². The zero-order chi connectivity index (χ0) is 15.2. The minimum atomic E-state index is -0.745. The first kappa shape index (κ1) is 17.3. The van der Waals surface area contributed by atoms with Crippen LogP contribution in [0.25, 0.3) is 0 Å². The topological polar surface area (TPSA) is 105 Å². The summed E-state index contributed by atoms with van der Waals surface area (Å²) < 4.78 is 0. The van der Waals surface area contributed by atoms with Crippen molar-refractivity contribution in [2.24, 2.45) is 0 Å². The minimum Gasteiger partial charge on any atom is -0.505 e. The first-order valence-electron chi connectivity index (χ1n) is 4.73. The number of phenolic OH excluding ortho intramolecular Hbond substituents is 1. The number of benzene rings is 1. The van der Waals surface area contributed by atoms with Gasteiger partial charge in [0.1, 0.15) is 22.7 Å². The van der Waals surface area contributed by atoms with Gasteiger partial charge in [-0.05, 0) is 0 Å². The predicted molar refractivity (Wildman–Crippen MR) is 70.5 cm³/mol. The number of hydrogen-bond donors (Lipinski definition) is 2. The second-order valence-electron chi connectivity index (χ2n) is 3.01. The third-order valence-electron chi connectivity index (χ3n) is 1.82. The van der Waals surface area contributed by atoms with Gasteiger partial charge in [0.2, 0.25) is 0 Å². The van der Waals surface area contributed by atoms with E-state index in [1.165, 1.54) is 0 Å². The van der Waals surface area contributed by atoms with Crippen LogP contribution in [0, 0.1) is 22.7 Å². The molecule has 2 N–H and O–H groups in total. The molecule has 0 bridgehead atoms. The summed E-state index contributed by atoms with van der Waals surface area (Å²) >= 11 is 16.8. The van der Waals surface area contributed by atoms with E-state index >= 15 is 0 Å². The molecule has 19 heavy (non-hydrogen) atoms. The maximum atomic E-state index is 9.37. The number of nitrogens with zero attached hydrogens (tertiary/aromatic N) is 2. The zero-order valence-electron chi connectivity index (χ0n) is 9.54. The molecule has 1 aromatic rings. The number of hydrogen-bond acceptors (Lipinski definition) is 4. The van der Waals surface area contributed by atoms with E-state index in [2.05, 4.69) is 0 Å². The van der Waals surface area contributed by atoms with Crippen LogP contribution in [-0.2, 0) is 4.79 Å². The number of phenols is 1. The fourth-order valence-electron chi connectivity index (χ4n) is 0.849. The highest BCUT2D eigenvalue weighted by atomic mass is 35.5. The van der Waals surface area contributed by atoms with Gasteiger partial charge in [-0.2, -0.15) is 10.5 Å². The highest BCUT2D eigenvalue weighted by molar-refractivity contribution is 6.45. The van der Waals surface area contributed by atoms with Crippen molar-refractivity contribution in [2.75, 3.05) is 0 Å². The molecular weight excluding hydrogens is 314 g/mol. The average molecular weight is 322 g/mol. The van der Waals surface area contributed by atoms with E-state index in [4.69, 9.17) is 50.4 Å². The molecule has 0 saturated heterocycles. The number of carbonyl (C=O) groups is 1. The van der Waals surface area contributed by atoms with E-state index in [0.717, 1.165) is 0 Å². The van der Waals surface area contributed by atoms with Crippen LogP contribution in [0.4, 0.5) is 0 Å². The number of aromatic hydroxyl groups is 1. The molecule has 0 unspecified atom stereocenters. The molecule has 0 atom stereocenters. The Morgan fingerprint density at radius 1 is 1.11 bits per heavy atom. The Morgan fingerprint density at radius 2 is 1.53 bits per heavy atom.